The van der Waals surface area contributed by atoms with Crippen molar-refractivity contribution in [3.63, 3.8) is 0 Å². The molecule has 1 aromatic rings. The van der Waals surface area contributed by atoms with Crippen molar-refractivity contribution in [1.82, 2.24) is 15.5 Å². The number of carbonyl (C=O) groups excluding carboxylic acids is 1. The van der Waals surface area contributed by atoms with Crippen molar-refractivity contribution in [1.29, 1.82) is 0 Å². The van der Waals surface area contributed by atoms with Crippen LogP contribution in [0.4, 0.5) is 0 Å². The largest absolute Gasteiger partial charge is 0.382 e. The van der Waals surface area contributed by atoms with Crippen LogP contribution >= 0.6 is 0 Å². The molecule has 2 N–H and O–H groups in total. The van der Waals surface area contributed by atoms with Gasteiger partial charge in [-0.05, 0) is 24.0 Å². The van der Waals surface area contributed by atoms with Crippen molar-refractivity contribution in [3.8, 4) is 0 Å². The van der Waals surface area contributed by atoms with Crippen LogP contribution in [0.15, 0.2) is 29.3 Å². The first-order chi connectivity index (χ1) is 12.7. The van der Waals surface area contributed by atoms with Crippen LogP contribution in [-0.2, 0) is 27.2 Å². The van der Waals surface area contributed by atoms with Crippen LogP contribution in [0, 0.1) is 0 Å². The topological polar surface area (TPSA) is 75.2 Å². The molecular weight excluding hydrogens is 332 g/mol. The number of hydrogen-bond donors (Lipinski definition) is 2. The third kappa shape index (κ3) is 6.65. The normalized spacial score (nSPS) is 14.1. The lowest BCUT2D eigenvalue weighted by Crippen LogP contribution is -2.46. The number of guanidine groups is 1. The van der Waals surface area contributed by atoms with Gasteiger partial charge in [0.25, 0.3) is 0 Å². The average molecular weight is 362 g/mol. The first-order valence-corrected chi connectivity index (χ1v) is 9.10. The summed E-state index contributed by atoms with van der Waals surface area (Å²) in [5, 5.41) is 6.28. The Hall–Kier alpha value is -2.12. The van der Waals surface area contributed by atoms with Gasteiger partial charge in [-0.2, -0.15) is 0 Å². The molecule has 144 valence electrons. The molecule has 7 heteroatoms. The van der Waals surface area contributed by atoms with Crippen LogP contribution in [0.25, 0.3) is 0 Å². The van der Waals surface area contributed by atoms with Crippen LogP contribution in [0.2, 0.25) is 0 Å². The minimum atomic E-state index is 0.0883. The van der Waals surface area contributed by atoms with Gasteiger partial charge in [-0.15, -0.1) is 0 Å². The monoisotopic (exact) mass is 362 g/mol. The van der Waals surface area contributed by atoms with Gasteiger partial charge in [0.2, 0.25) is 5.91 Å². The zero-order valence-corrected chi connectivity index (χ0v) is 15.8. The third-order valence-electron chi connectivity index (χ3n) is 4.30. The third-order valence-corrected chi connectivity index (χ3v) is 4.30. The van der Waals surface area contributed by atoms with Gasteiger partial charge >= 0.3 is 0 Å². The van der Waals surface area contributed by atoms with Crippen molar-refractivity contribution in [2.75, 3.05) is 53.6 Å². The molecule has 0 saturated carbocycles. The van der Waals surface area contributed by atoms with Crippen molar-refractivity contribution in [3.05, 3.63) is 35.4 Å². The number of benzene rings is 1. The first-order valence-electron chi connectivity index (χ1n) is 9.10. The van der Waals surface area contributed by atoms with Gasteiger partial charge in [0.1, 0.15) is 0 Å². The molecule has 0 atom stereocenters. The van der Waals surface area contributed by atoms with E-state index in [1.807, 2.05) is 11.0 Å². The summed E-state index contributed by atoms with van der Waals surface area (Å²) in [6.07, 6.45) is 1.78. The molecule has 0 radical (unpaired) electrons. The van der Waals surface area contributed by atoms with Gasteiger partial charge in [-0.25, -0.2) is 0 Å². The molecule has 0 fully saturated rings. The summed E-state index contributed by atoms with van der Waals surface area (Å²) in [5.41, 5.74) is 2.58. The highest BCUT2D eigenvalue weighted by atomic mass is 16.5. The molecule has 7 nitrogen and oxygen atoms in total. The number of nitrogens with zero attached hydrogens (tertiary/aromatic N) is 2. The number of ether oxygens (including phenoxy) is 2. The quantitative estimate of drug-likeness (QED) is 0.386. The Morgan fingerprint density at radius 1 is 1.19 bits per heavy atom. The molecule has 1 heterocycles. The molecule has 1 aliphatic rings. The summed E-state index contributed by atoms with van der Waals surface area (Å²) >= 11 is 0. The Balaban J connectivity index is 1.64. The molecule has 0 unspecified atom stereocenters. The van der Waals surface area contributed by atoms with Gasteiger partial charge in [0.15, 0.2) is 5.96 Å². The van der Waals surface area contributed by atoms with Gasteiger partial charge in [0, 0.05) is 40.4 Å². The molecule has 0 spiro atoms. The highest BCUT2D eigenvalue weighted by molar-refractivity contribution is 5.86. The molecule has 1 amide bonds. The van der Waals surface area contributed by atoms with Crippen molar-refractivity contribution >= 4 is 11.9 Å². The fraction of sp³-hybridized carbons (Fsp3) is 0.579. The first kappa shape index (κ1) is 20.2. The second-order valence-corrected chi connectivity index (χ2v) is 6.15. The van der Waals surface area contributed by atoms with Crippen LogP contribution < -0.4 is 10.6 Å². The zero-order chi connectivity index (χ0) is 18.6. The minimum absolute atomic E-state index is 0.0883. The van der Waals surface area contributed by atoms with Crippen LogP contribution in [-0.4, -0.2) is 70.4 Å². The second kappa shape index (κ2) is 11.5. The standard InChI is InChI=1S/C19H30N4O3/c1-20-19(21-9-5-11-26-13-12-25-2)22-14-18(24)23-10-8-16-6-3-4-7-17(16)15-23/h3-4,6-7H,5,8-15H2,1-2H3,(H2,20,21,22). The highest BCUT2D eigenvalue weighted by Crippen LogP contribution is 2.18. The van der Waals surface area contributed by atoms with E-state index >= 15 is 0 Å². The number of rotatable bonds is 9. The van der Waals surface area contributed by atoms with Crippen molar-refractivity contribution in [2.45, 2.75) is 19.4 Å². The van der Waals surface area contributed by atoms with E-state index in [0.29, 0.717) is 32.3 Å². The summed E-state index contributed by atoms with van der Waals surface area (Å²) in [4.78, 5) is 18.5. The highest BCUT2D eigenvalue weighted by Gasteiger charge is 2.20. The lowest BCUT2D eigenvalue weighted by Gasteiger charge is -2.29. The summed E-state index contributed by atoms with van der Waals surface area (Å²) < 4.78 is 10.3. The predicted molar refractivity (Wildman–Crippen MR) is 102 cm³/mol. The fourth-order valence-electron chi connectivity index (χ4n) is 2.83. The number of aliphatic imine (C=N–C) groups is 1. The van der Waals surface area contributed by atoms with E-state index in [1.54, 1.807) is 14.2 Å². The number of methoxy groups -OCH3 is 1. The summed E-state index contributed by atoms with van der Waals surface area (Å²) in [5.74, 6) is 0.720. The minimum Gasteiger partial charge on any atom is -0.382 e. The van der Waals surface area contributed by atoms with Crippen LogP contribution in [0.1, 0.15) is 17.5 Å². The number of fused-ring (bicyclic) bond motifs is 1. The maximum Gasteiger partial charge on any atom is 0.242 e. The molecule has 1 aromatic carbocycles. The SMILES string of the molecule is CN=C(NCCCOCCOC)NCC(=O)N1CCc2ccccc2C1. The smallest absolute Gasteiger partial charge is 0.242 e. The van der Waals surface area contributed by atoms with Gasteiger partial charge < -0.3 is 25.0 Å². The Morgan fingerprint density at radius 3 is 2.77 bits per heavy atom. The summed E-state index contributed by atoms with van der Waals surface area (Å²) in [6, 6.07) is 8.31. The lowest BCUT2D eigenvalue weighted by molar-refractivity contribution is -0.130. The zero-order valence-electron chi connectivity index (χ0n) is 15.8. The van der Waals surface area contributed by atoms with E-state index in [2.05, 4.69) is 33.8 Å². The molecule has 2 rings (SSSR count). The molecule has 0 saturated heterocycles. The maximum absolute atomic E-state index is 12.5. The van der Waals surface area contributed by atoms with Crippen LogP contribution in [0.5, 0.6) is 0 Å². The molecule has 0 bridgehead atoms. The molecule has 0 aromatic heterocycles. The predicted octanol–water partition coefficient (Wildman–Crippen LogP) is 0.789. The Morgan fingerprint density at radius 2 is 2.00 bits per heavy atom. The lowest BCUT2D eigenvalue weighted by atomic mass is 10.00. The van der Waals surface area contributed by atoms with E-state index < -0.39 is 0 Å². The summed E-state index contributed by atoms with van der Waals surface area (Å²) in [6.45, 7) is 4.31. The van der Waals surface area contributed by atoms with E-state index in [-0.39, 0.29) is 12.5 Å². The number of nitrogens with one attached hydrogen (secondary N) is 2. The Kier molecular flexibility index (Phi) is 8.92. The second-order valence-electron chi connectivity index (χ2n) is 6.15. The Labute approximate surface area is 155 Å². The van der Waals surface area contributed by atoms with E-state index in [4.69, 9.17) is 9.47 Å². The van der Waals surface area contributed by atoms with E-state index in [1.165, 1.54) is 11.1 Å². The van der Waals surface area contributed by atoms with Gasteiger partial charge in [0.05, 0.1) is 19.8 Å². The molecule has 26 heavy (non-hydrogen) atoms. The fourth-order valence-corrected chi connectivity index (χ4v) is 2.83. The number of amides is 1. The maximum atomic E-state index is 12.5. The van der Waals surface area contributed by atoms with E-state index in [0.717, 1.165) is 25.9 Å². The number of carbonyl (C=O) groups is 1. The number of hydrogen-bond acceptors (Lipinski definition) is 4. The average Bonchev–Trinajstić information content (AvgIpc) is 2.69. The van der Waals surface area contributed by atoms with Crippen LogP contribution in [0.3, 0.4) is 0 Å². The summed E-state index contributed by atoms with van der Waals surface area (Å²) in [7, 11) is 3.36. The molecule has 1 aliphatic heterocycles. The Bertz CT molecular complexity index is 592. The van der Waals surface area contributed by atoms with Crippen molar-refractivity contribution < 1.29 is 14.3 Å². The van der Waals surface area contributed by atoms with E-state index in [9.17, 15) is 4.79 Å². The molecule has 0 aliphatic carbocycles. The van der Waals surface area contributed by atoms with Crippen molar-refractivity contribution in [2.24, 2.45) is 4.99 Å². The van der Waals surface area contributed by atoms with Gasteiger partial charge in [-0.1, -0.05) is 24.3 Å². The molecular formula is C19H30N4O3. The van der Waals surface area contributed by atoms with Gasteiger partial charge in [-0.3, -0.25) is 9.79 Å².